The van der Waals surface area contributed by atoms with Gasteiger partial charge in [0.2, 0.25) is 0 Å². The SMILES string of the molecule is CC(C)=CCC[C@H](C)NC[C@@H]1CCN(C2CC2)C1. The minimum absolute atomic E-state index is 0.663. The fourth-order valence-electron chi connectivity index (χ4n) is 2.89. The van der Waals surface area contributed by atoms with Crippen molar-refractivity contribution in [3.8, 4) is 0 Å². The van der Waals surface area contributed by atoms with Gasteiger partial charge < -0.3 is 10.2 Å². The second-order valence-electron chi connectivity index (χ2n) is 6.55. The molecule has 2 fully saturated rings. The van der Waals surface area contributed by atoms with E-state index in [1.54, 1.807) is 0 Å². The zero-order valence-electron chi connectivity index (χ0n) is 12.4. The lowest BCUT2D eigenvalue weighted by atomic mass is 10.1. The highest BCUT2D eigenvalue weighted by atomic mass is 15.2. The van der Waals surface area contributed by atoms with Crippen LogP contribution in [-0.2, 0) is 0 Å². The molecule has 2 heteroatoms. The number of hydrogen-bond acceptors (Lipinski definition) is 2. The summed E-state index contributed by atoms with van der Waals surface area (Å²) in [5.41, 5.74) is 1.44. The third kappa shape index (κ3) is 4.74. The molecule has 0 radical (unpaired) electrons. The number of allylic oxidation sites excluding steroid dienone is 2. The van der Waals surface area contributed by atoms with Crippen LogP contribution in [0.3, 0.4) is 0 Å². The smallest absolute Gasteiger partial charge is 0.00965 e. The lowest BCUT2D eigenvalue weighted by molar-refractivity contribution is 0.309. The van der Waals surface area contributed by atoms with Crippen LogP contribution in [0, 0.1) is 5.92 Å². The van der Waals surface area contributed by atoms with Gasteiger partial charge in [0.1, 0.15) is 0 Å². The van der Waals surface area contributed by atoms with E-state index in [2.05, 4.69) is 37.1 Å². The molecule has 2 atom stereocenters. The Balaban J connectivity index is 1.55. The first-order valence-corrected chi connectivity index (χ1v) is 7.76. The van der Waals surface area contributed by atoms with Gasteiger partial charge in [0.05, 0.1) is 0 Å². The van der Waals surface area contributed by atoms with Gasteiger partial charge in [0, 0.05) is 18.6 Å². The molecule has 1 N–H and O–H groups in total. The van der Waals surface area contributed by atoms with Gasteiger partial charge in [-0.15, -0.1) is 0 Å². The molecule has 2 aliphatic rings. The Kier molecular flexibility index (Phi) is 5.25. The maximum Gasteiger partial charge on any atom is 0.00965 e. The molecule has 2 nitrogen and oxygen atoms in total. The molecule has 0 spiro atoms. The number of nitrogens with one attached hydrogen (secondary N) is 1. The fourth-order valence-corrected chi connectivity index (χ4v) is 2.89. The van der Waals surface area contributed by atoms with Gasteiger partial charge >= 0.3 is 0 Å². The Morgan fingerprint density at radius 2 is 2.11 bits per heavy atom. The zero-order chi connectivity index (χ0) is 13.0. The Labute approximate surface area is 113 Å². The van der Waals surface area contributed by atoms with Crippen molar-refractivity contribution in [3.05, 3.63) is 11.6 Å². The Bertz CT molecular complexity index is 277. The van der Waals surface area contributed by atoms with Crippen molar-refractivity contribution in [2.45, 2.75) is 65.0 Å². The molecule has 0 unspecified atom stereocenters. The summed E-state index contributed by atoms with van der Waals surface area (Å²) in [7, 11) is 0. The monoisotopic (exact) mass is 250 g/mol. The average Bonchev–Trinajstić information content (AvgIpc) is 3.06. The van der Waals surface area contributed by atoms with Crippen LogP contribution < -0.4 is 5.32 Å². The Morgan fingerprint density at radius 1 is 1.33 bits per heavy atom. The van der Waals surface area contributed by atoms with E-state index in [9.17, 15) is 0 Å². The van der Waals surface area contributed by atoms with E-state index in [1.165, 1.54) is 57.3 Å². The van der Waals surface area contributed by atoms with Crippen molar-refractivity contribution < 1.29 is 0 Å². The lowest BCUT2D eigenvalue weighted by Crippen LogP contribution is -2.32. The molecule has 1 aliphatic carbocycles. The normalized spacial score (nSPS) is 26.3. The molecule has 1 heterocycles. The van der Waals surface area contributed by atoms with Crippen molar-refractivity contribution in [1.82, 2.24) is 10.2 Å². The van der Waals surface area contributed by atoms with Crippen LogP contribution in [0.2, 0.25) is 0 Å². The zero-order valence-corrected chi connectivity index (χ0v) is 12.4. The molecule has 1 aliphatic heterocycles. The predicted octanol–water partition coefficient (Wildman–Crippen LogP) is 3.20. The summed E-state index contributed by atoms with van der Waals surface area (Å²) in [6.45, 7) is 10.6. The van der Waals surface area contributed by atoms with Crippen LogP contribution in [-0.4, -0.2) is 36.6 Å². The Hall–Kier alpha value is -0.340. The van der Waals surface area contributed by atoms with Crippen molar-refractivity contribution in [3.63, 3.8) is 0 Å². The molecule has 104 valence electrons. The summed E-state index contributed by atoms with van der Waals surface area (Å²) in [4.78, 5) is 2.71. The fraction of sp³-hybridized carbons (Fsp3) is 0.875. The highest BCUT2D eigenvalue weighted by Crippen LogP contribution is 2.31. The van der Waals surface area contributed by atoms with E-state index in [1.807, 2.05) is 0 Å². The van der Waals surface area contributed by atoms with Crippen molar-refractivity contribution in [2.75, 3.05) is 19.6 Å². The van der Waals surface area contributed by atoms with E-state index in [0.29, 0.717) is 6.04 Å². The van der Waals surface area contributed by atoms with E-state index >= 15 is 0 Å². The van der Waals surface area contributed by atoms with Gasteiger partial charge in [0.15, 0.2) is 0 Å². The topological polar surface area (TPSA) is 15.3 Å². The van der Waals surface area contributed by atoms with E-state index in [4.69, 9.17) is 0 Å². The average molecular weight is 250 g/mol. The quantitative estimate of drug-likeness (QED) is 0.698. The number of hydrogen-bond donors (Lipinski definition) is 1. The van der Waals surface area contributed by atoms with Crippen LogP contribution >= 0.6 is 0 Å². The maximum atomic E-state index is 3.72. The first-order valence-electron chi connectivity index (χ1n) is 7.76. The molecule has 1 saturated heterocycles. The van der Waals surface area contributed by atoms with Crippen LogP contribution in [0.15, 0.2) is 11.6 Å². The molecule has 2 rings (SSSR count). The molecule has 0 aromatic rings. The van der Waals surface area contributed by atoms with Gasteiger partial charge in [-0.1, -0.05) is 11.6 Å². The minimum Gasteiger partial charge on any atom is -0.314 e. The molecule has 1 saturated carbocycles. The first-order chi connectivity index (χ1) is 8.65. The van der Waals surface area contributed by atoms with Crippen LogP contribution in [0.1, 0.15) is 52.9 Å². The molecular formula is C16H30N2. The van der Waals surface area contributed by atoms with Crippen LogP contribution in [0.25, 0.3) is 0 Å². The van der Waals surface area contributed by atoms with Gasteiger partial charge in [-0.3, -0.25) is 0 Å². The van der Waals surface area contributed by atoms with Crippen LogP contribution in [0.4, 0.5) is 0 Å². The van der Waals surface area contributed by atoms with Crippen molar-refractivity contribution in [2.24, 2.45) is 5.92 Å². The van der Waals surface area contributed by atoms with Crippen molar-refractivity contribution >= 4 is 0 Å². The van der Waals surface area contributed by atoms with Gasteiger partial charge in [0.25, 0.3) is 0 Å². The van der Waals surface area contributed by atoms with Crippen LogP contribution in [0.5, 0.6) is 0 Å². The summed E-state index contributed by atoms with van der Waals surface area (Å²) >= 11 is 0. The number of rotatable bonds is 7. The second-order valence-corrected chi connectivity index (χ2v) is 6.55. The second kappa shape index (κ2) is 6.72. The molecule has 18 heavy (non-hydrogen) atoms. The summed E-state index contributed by atoms with van der Waals surface area (Å²) in [5.74, 6) is 0.900. The summed E-state index contributed by atoms with van der Waals surface area (Å²) in [6, 6.07) is 1.63. The van der Waals surface area contributed by atoms with Gasteiger partial charge in [-0.25, -0.2) is 0 Å². The van der Waals surface area contributed by atoms with Gasteiger partial charge in [-0.2, -0.15) is 0 Å². The first kappa shape index (κ1) is 14.1. The summed E-state index contributed by atoms with van der Waals surface area (Å²) in [5, 5.41) is 3.72. The minimum atomic E-state index is 0.663. The van der Waals surface area contributed by atoms with E-state index < -0.39 is 0 Å². The lowest BCUT2D eigenvalue weighted by Gasteiger charge is -2.18. The maximum absolute atomic E-state index is 3.72. The molecule has 0 aromatic heterocycles. The van der Waals surface area contributed by atoms with Crippen molar-refractivity contribution in [1.29, 1.82) is 0 Å². The summed E-state index contributed by atoms with van der Waals surface area (Å²) < 4.78 is 0. The predicted molar refractivity (Wildman–Crippen MR) is 78.8 cm³/mol. The van der Waals surface area contributed by atoms with E-state index in [-0.39, 0.29) is 0 Å². The highest BCUT2D eigenvalue weighted by molar-refractivity contribution is 4.93. The molecule has 0 aromatic carbocycles. The Morgan fingerprint density at radius 3 is 2.78 bits per heavy atom. The third-order valence-corrected chi connectivity index (χ3v) is 4.29. The third-order valence-electron chi connectivity index (χ3n) is 4.29. The molecular weight excluding hydrogens is 220 g/mol. The largest absolute Gasteiger partial charge is 0.314 e. The van der Waals surface area contributed by atoms with E-state index in [0.717, 1.165) is 12.0 Å². The molecule has 0 amide bonds. The number of likely N-dealkylation sites (tertiary alicyclic amines) is 1. The highest BCUT2D eigenvalue weighted by Gasteiger charge is 2.34. The molecule has 0 bridgehead atoms. The number of nitrogens with zero attached hydrogens (tertiary/aromatic N) is 1. The standard InChI is InChI=1S/C16H30N2/c1-13(2)5-4-6-14(3)17-11-15-9-10-18(12-15)16-7-8-16/h5,14-17H,4,6-12H2,1-3H3/t14-,15-/m0/s1. The van der Waals surface area contributed by atoms with Gasteiger partial charge in [-0.05, 0) is 71.9 Å². The summed E-state index contributed by atoms with van der Waals surface area (Å²) in [6.07, 6.45) is 9.16.